The minimum Gasteiger partial charge on any atom is -0.508 e. The van der Waals surface area contributed by atoms with Gasteiger partial charge in [0.25, 0.3) is 0 Å². The van der Waals surface area contributed by atoms with Crippen LogP contribution in [-0.4, -0.2) is 10.2 Å². The smallest absolute Gasteiger partial charge is 0.127 e. The molecule has 3 rings (SSSR count). The maximum absolute atomic E-state index is 10.2. The van der Waals surface area contributed by atoms with Gasteiger partial charge in [-0.1, -0.05) is 31.2 Å². The van der Waals surface area contributed by atoms with Gasteiger partial charge in [0.05, 0.1) is 6.10 Å². The number of aromatic hydroxyl groups is 1. The molecule has 0 amide bonds. The standard InChI is InChI=1S/C17H18O3/c1-2-11-3-5-12(6-4-11)17-10-15(19)14-9-13(18)7-8-16(14)20-17/h3-9,15,17-19H,2,10H2,1H3. The second-order valence-electron chi connectivity index (χ2n) is 5.18. The number of phenolic OH excluding ortho intramolecular Hbond substituents is 1. The zero-order valence-electron chi connectivity index (χ0n) is 11.4. The average molecular weight is 270 g/mol. The number of aryl methyl sites for hydroxylation is 1. The van der Waals surface area contributed by atoms with E-state index in [4.69, 9.17) is 4.74 Å². The lowest BCUT2D eigenvalue weighted by molar-refractivity contribution is 0.0654. The van der Waals surface area contributed by atoms with Crippen LogP contribution in [0, 0.1) is 0 Å². The van der Waals surface area contributed by atoms with Crippen molar-refractivity contribution < 1.29 is 14.9 Å². The molecule has 1 aliphatic rings. The van der Waals surface area contributed by atoms with E-state index in [1.165, 1.54) is 5.56 Å². The lowest BCUT2D eigenvalue weighted by atomic mass is 9.94. The molecule has 0 fully saturated rings. The van der Waals surface area contributed by atoms with Gasteiger partial charge in [-0.3, -0.25) is 0 Å². The number of benzene rings is 2. The second kappa shape index (κ2) is 5.17. The van der Waals surface area contributed by atoms with E-state index in [2.05, 4.69) is 31.2 Å². The van der Waals surface area contributed by atoms with Crippen molar-refractivity contribution in [2.45, 2.75) is 32.0 Å². The van der Waals surface area contributed by atoms with Crippen LogP contribution in [0.25, 0.3) is 0 Å². The van der Waals surface area contributed by atoms with Crippen LogP contribution in [0.4, 0.5) is 0 Å². The Hall–Kier alpha value is -2.00. The van der Waals surface area contributed by atoms with Gasteiger partial charge in [0.1, 0.15) is 17.6 Å². The van der Waals surface area contributed by atoms with Crippen molar-refractivity contribution in [2.75, 3.05) is 0 Å². The Bertz CT molecular complexity index is 604. The molecule has 3 heteroatoms. The van der Waals surface area contributed by atoms with Crippen molar-refractivity contribution in [1.82, 2.24) is 0 Å². The molecule has 3 nitrogen and oxygen atoms in total. The maximum Gasteiger partial charge on any atom is 0.127 e. The van der Waals surface area contributed by atoms with E-state index in [1.807, 2.05) is 0 Å². The molecular weight excluding hydrogens is 252 g/mol. The normalized spacial score (nSPS) is 21.1. The van der Waals surface area contributed by atoms with Gasteiger partial charge in [-0.25, -0.2) is 0 Å². The molecule has 2 unspecified atom stereocenters. The first-order valence-electron chi connectivity index (χ1n) is 6.94. The van der Waals surface area contributed by atoms with Gasteiger partial charge in [0.15, 0.2) is 0 Å². The molecule has 20 heavy (non-hydrogen) atoms. The molecule has 0 saturated carbocycles. The summed E-state index contributed by atoms with van der Waals surface area (Å²) in [6.07, 6.45) is 0.757. The summed E-state index contributed by atoms with van der Waals surface area (Å²) in [4.78, 5) is 0. The predicted molar refractivity (Wildman–Crippen MR) is 76.9 cm³/mol. The maximum atomic E-state index is 10.2. The number of aliphatic hydroxyl groups is 1. The van der Waals surface area contributed by atoms with Gasteiger partial charge in [-0.2, -0.15) is 0 Å². The van der Waals surface area contributed by atoms with E-state index in [1.54, 1.807) is 18.2 Å². The molecule has 2 N–H and O–H groups in total. The highest BCUT2D eigenvalue weighted by molar-refractivity contribution is 5.43. The number of ether oxygens (including phenoxy) is 1. The van der Waals surface area contributed by atoms with Crippen molar-refractivity contribution in [3.05, 3.63) is 59.2 Å². The summed E-state index contributed by atoms with van der Waals surface area (Å²) < 4.78 is 5.95. The Labute approximate surface area is 118 Å². The van der Waals surface area contributed by atoms with Crippen molar-refractivity contribution in [3.63, 3.8) is 0 Å². The lowest BCUT2D eigenvalue weighted by Gasteiger charge is -2.30. The molecule has 0 radical (unpaired) electrons. The molecule has 0 bridgehead atoms. The SMILES string of the molecule is CCc1ccc(C2CC(O)c3cc(O)ccc3O2)cc1. The summed E-state index contributed by atoms with van der Waals surface area (Å²) in [5.74, 6) is 0.795. The highest BCUT2D eigenvalue weighted by Gasteiger charge is 2.28. The van der Waals surface area contributed by atoms with Crippen molar-refractivity contribution >= 4 is 0 Å². The van der Waals surface area contributed by atoms with E-state index in [9.17, 15) is 10.2 Å². The first kappa shape index (κ1) is 13.0. The number of rotatable bonds is 2. The van der Waals surface area contributed by atoms with Crippen LogP contribution < -0.4 is 4.74 Å². The van der Waals surface area contributed by atoms with Crippen LogP contribution in [-0.2, 0) is 6.42 Å². The molecule has 0 spiro atoms. The number of hydrogen-bond acceptors (Lipinski definition) is 3. The molecule has 1 heterocycles. The van der Waals surface area contributed by atoms with Crippen LogP contribution in [0.5, 0.6) is 11.5 Å². The van der Waals surface area contributed by atoms with Crippen molar-refractivity contribution in [1.29, 1.82) is 0 Å². The van der Waals surface area contributed by atoms with Gasteiger partial charge < -0.3 is 14.9 Å². The van der Waals surface area contributed by atoms with Crippen molar-refractivity contribution in [2.24, 2.45) is 0 Å². The highest BCUT2D eigenvalue weighted by atomic mass is 16.5. The average Bonchev–Trinajstić information content (AvgIpc) is 2.48. The summed E-state index contributed by atoms with van der Waals surface area (Å²) in [5, 5.41) is 19.7. The summed E-state index contributed by atoms with van der Waals surface area (Å²) in [7, 11) is 0. The predicted octanol–water partition coefficient (Wildman–Crippen LogP) is 3.51. The molecular formula is C17H18O3. The monoisotopic (exact) mass is 270 g/mol. The van der Waals surface area contributed by atoms with Gasteiger partial charge >= 0.3 is 0 Å². The summed E-state index contributed by atoms with van der Waals surface area (Å²) >= 11 is 0. The van der Waals surface area contributed by atoms with E-state index in [0.29, 0.717) is 17.7 Å². The van der Waals surface area contributed by atoms with Gasteiger partial charge in [0.2, 0.25) is 0 Å². The number of hydrogen-bond donors (Lipinski definition) is 2. The van der Waals surface area contributed by atoms with Crippen LogP contribution in [0.3, 0.4) is 0 Å². The van der Waals surface area contributed by atoms with Crippen LogP contribution in [0.1, 0.15) is 42.2 Å². The molecule has 0 saturated heterocycles. The summed E-state index contributed by atoms with van der Waals surface area (Å²) in [5.41, 5.74) is 3.02. The Kier molecular flexibility index (Phi) is 3.36. The summed E-state index contributed by atoms with van der Waals surface area (Å²) in [6, 6.07) is 13.2. The molecule has 104 valence electrons. The topological polar surface area (TPSA) is 49.7 Å². The molecule has 2 aromatic rings. The van der Waals surface area contributed by atoms with E-state index >= 15 is 0 Å². The molecule has 2 atom stereocenters. The van der Waals surface area contributed by atoms with E-state index < -0.39 is 6.10 Å². The third-order valence-electron chi connectivity index (χ3n) is 3.82. The fourth-order valence-corrected chi connectivity index (χ4v) is 2.61. The molecule has 0 aromatic heterocycles. The largest absolute Gasteiger partial charge is 0.508 e. The van der Waals surface area contributed by atoms with Crippen LogP contribution in [0.2, 0.25) is 0 Å². The van der Waals surface area contributed by atoms with Gasteiger partial charge in [0, 0.05) is 12.0 Å². The van der Waals surface area contributed by atoms with Crippen LogP contribution >= 0.6 is 0 Å². The Morgan fingerprint density at radius 1 is 1.15 bits per heavy atom. The van der Waals surface area contributed by atoms with E-state index in [-0.39, 0.29) is 11.9 Å². The third-order valence-corrected chi connectivity index (χ3v) is 3.82. The first-order chi connectivity index (χ1) is 9.67. The van der Waals surface area contributed by atoms with Crippen LogP contribution in [0.15, 0.2) is 42.5 Å². The fourth-order valence-electron chi connectivity index (χ4n) is 2.61. The minimum atomic E-state index is -0.610. The quantitative estimate of drug-likeness (QED) is 0.878. The molecule has 1 aliphatic heterocycles. The number of aliphatic hydroxyl groups excluding tert-OH is 1. The zero-order valence-corrected chi connectivity index (χ0v) is 11.4. The van der Waals surface area contributed by atoms with Gasteiger partial charge in [-0.15, -0.1) is 0 Å². The Morgan fingerprint density at radius 2 is 1.90 bits per heavy atom. The Balaban J connectivity index is 1.88. The number of fused-ring (bicyclic) bond motifs is 1. The van der Waals surface area contributed by atoms with E-state index in [0.717, 1.165) is 12.0 Å². The highest BCUT2D eigenvalue weighted by Crippen LogP contribution is 2.41. The first-order valence-corrected chi connectivity index (χ1v) is 6.94. The third kappa shape index (κ3) is 2.37. The lowest BCUT2D eigenvalue weighted by Crippen LogP contribution is -2.18. The zero-order chi connectivity index (χ0) is 14.1. The fraction of sp³-hybridized carbons (Fsp3) is 0.294. The number of phenols is 1. The van der Waals surface area contributed by atoms with Gasteiger partial charge in [-0.05, 0) is 35.7 Å². The Morgan fingerprint density at radius 3 is 2.60 bits per heavy atom. The minimum absolute atomic E-state index is 0.145. The molecule has 0 aliphatic carbocycles. The molecule has 2 aromatic carbocycles. The van der Waals surface area contributed by atoms with Crippen molar-refractivity contribution in [3.8, 4) is 11.5 Å². The summed E-state index contributed by atoms with van der Waals surface area (Å²) in [6.45, 7) is 2.12. The second-order valence-corrected chi connectivity index (χ2v) is 5.18.